The van der Waals surface area contributed by atoms with Crippen molar-refractivity contribution in [3.63, 3.8) is 0 Å². The molecule has 0 bridgehead atoms. The molecular formula is C7H7N7O3S. The van der Waals surface area contributed by atoms with Crippen LogP contribution in [0.1, 0.15) is 15.5 Å². The van der Waals surface area contributed by atoms with Crippen molar-refractivity contribution in [1.82, 2.24) is 25.2 Å². The maximum atomic E-state index is 11.2. The summed E-state index contributed by atoms with van der Waals surface area (Å²) in [6.45, 7) is 0.190. The third-order valence-corrected chi connectivity index (χ3v) is 2.78. The fourth-order valence-corrected chi connectivity index (χ4v) is 1.87. The van der Waals surface area contributed by atoms with Gasteiger partial charge in [-0.25, -0.2) is 10.8 Å². The van der Waals surface area contributed by atoms with E-state index in [1.54, 1.807) is 5.38 Å². The van der Waals surface area contributed by atoms with Crippen LogP contribution >= 0.6 is 11.3 Å². The third-order valence-electron chi connectivity index (χ3n) is 1.89. The fraction of sp³-hybridized carbons (Fsp3) is 0.143. The number of amides is 1. The van der Waals surface area contributed by atoms with Gasteiger partial charge in [-0.15, -0.1) is 11.3 Å². The number of aromatic nitrogens is 4. The summed E-state index contributed by atoms with van der Waals surface area (Å²) in [5.41, 5.74) is 2.50. The molecule has 0 aromatic carbocycles. The molecule has 0 saturated heterocycles. The van der Waals surface area contributed by atoms with E-state index in [1.165, 1.54) is 11.0 Å². The van der Waals surface area contributed by atoms with Crippen molar-refractivity contribution in [2.45, 2.75) is 6.54 Å². The third kappa shape index (κ3) is 2.46. The summed E-state index contributed by atoms with van der Waals surface area (Å²) in [6.07, 6.45) is 1.22. The van der Waals surface area contributed by atoms with Crippen molar-refractivity contribution >= 4 is 23.2 Å². The quantitative estimate of drug-likeness (QED) is 0.323. The smallest absolute Gasteiger partial charge is 0.390 e. The average molecular weight is 269 g/mol. The van der Waals surface area contributed by atoms with E-state index in [-0.39, 0.29) is 11.6 Å². The van der Waals surface area contributed by atoms with E-state index < -0.39 is 16.8 Å². The molecule has 11 heteroatoms. The van der Waals surface area contributed by atoms with E-state index in [4.69, 9.17) is 5.84 Å². The second-order valence-electron chi connectivity index (χ2n) is 3.12. The van der Waals surface area contributed by atoms with Crippen LogP contribution in [0.15, 0.2) is 11.7 Å². The van der Waals surface area contributed by atoms with E-state index in [1.807, 2.05) is 5.43 Å². The van der Waals surface area contributed by atoms with Crippen molar-refractivity contribution in [1.29, 1.82) is 0 Å². The highest BCUT2D eigenvalue weighted by molar-refractivity contribution is 7.11. The lowest BCUT2D eigenvalue weighted by molar-refractivity contribution is -0.394. The number of nitrogens with zero attached hydrogens (tertiary/aromatic N) is 5. The summed E-state index contributed by atoms with van der Waals surface area (Å²) in [6, 6.07) is 0. The van der Waals surface area contributed by atoms with Gasteiger partial charge in [-0.2, -0.15) is 4.68 Å². The van der Waals surface area contributed by atoms with Gasteiger partial charge in [-0.05, 0) is 4.92 Å². The topological polar surface area (TPSA) is 142 Å². The minimum atomic E-state index is -0.690. The standard InChI is InChI=1S/C7H7N7O3S/c8-11-5(15)6-10-4(2-18-6)1-13-3-9-7(12-13)14(16)17/h2-3H,1,8H2,(H,11,15). The number of hydrogen-bond donors (Lipinski definition) is 2. The maximum absolute atomic E-state index is 11.2. The highest BCUT2D eigenvalue weighted by atomic mass is 32.1. The summed E-state index contributed by atoms with van der Waals surface area (Å²) in [5.74, 6) is 4.00. The number of nitrogen functional groups attached to an aromatic ring is 1. The molecule has 1 amide bonds. The Kier molecular flexibility index (Phi) is 3.25. The zero-order valence-electron chi connectivity index (χ0n) is 8.81. The summed E-state index contributed by atoms with van der Waals surface area (Å²) in [5, 5.41) is 15.9. The Hall–Kier alpha value is -2.40. The highest BCUT2D eigenvalue weighted by Crippen LogP contribution is 2.11. The van der Waals surface area contributed by atoms with Gasteiger partial charge in [0.05, 0.1) is 5.69 Å². The molecule has 2 heterocycles. The minimum Gasteiger partial charge on any atom is -0.390 e. The molecule has 0 aliphatic carbocycles. The van der Waals surface area contributed by atoms with Gasteiger partial charge in [0.1, 0.15) is 6.54 Å². The first-order valence-electron chi connectivity index (χ1n) is 4.59. The first-order chi connectivity index (χ1) is 8.60. The van der Waals surface area contributed by atoms with Crippen LogP contribution in [0.4, 0.5) is 5.95 Å². The molecule has 0 unspecified atom stereocenters. The number of rotatable bonds is 4. The number of carbonyl (C=O) groups is 1. The number of nitro groups is 1. The first kappa shape index (κ1) is 12.1. The molecule has 0 saturated carbocycles. The monoisotopic (exact) mass is 269 g/mol. The predicted octanol–water partition coefficient (Wildman–Crippen LogP) is -0.705. The SMILES string of the molecule is NNC(=O)c1nc(Cn2cnc([N+](=O)[O-])n2)cs1. The van der Waals surface area contributed by atoms with Gasteiger partial charge in [0, 0.05) is 10.5 Å². The van der Waals surface area contributed by atoms with E-state index in [9.17, 15) is 14.9 Å². The molecule has 3 N–H and O–H groups in total. The lowest BCUT2D eigenvalue weighted by Gasteiger charge is -1.92. The van der Waals surface area contributed by atoms with Gasteiger partial charge in [-0.1, -0.05) is 4.98 Å². The van der Waals surface area contributed by atoms with Crippen LogP contribution in [0, 0.1) is 10.1 Å². The second kappa shape index (κ2) is 4.85. The summed E-state index contributed by atoms with van der Waals surface area (Å²) in [4.78, 5) is 28.4. The molecule has 10 nitrogen and oxygen atoms in total. The number of thiazole rings is 1. The lowest BCUT2D eigenvalue weighted by Crippen LogP contribution is -2.29. The Bertz CT molecular complexity index is 591. The van der Waals surface area contributed by atoms with E-state index >= 15 is 0 Å². The molecule has 2 rings (SSSR count). The predicted molar refractivity (Wildman–Crippen MR) is 59.5 cm³/mol. The molecule has 2 aromatic heterocycles. The van der Waals surface area contributed by atoms with Crippen molar-refractivity contribution < 1.29 is 9.72 Å². The fourth-order valence-electron chi connectivity index (χ4n) is 1.16. The van der Waals surface area contributed by atoms with Crippen LogP contribution in [-0.4, -0.2) is 30.6 Å². The van der Waals surface area contributed by atoms with Gasteiger partial charge in [0.2, 0.25) is 6.33 Å². The summed E-state index contributed by atoms with van der Waals surface area (Å²) in [7, 11) is 0. The number of nitrogens with two attached hydrogens (primary N) is 1. The zero-order chi connectivity index (χ0) is 13.1. The Morgan fingerprint density at radius 1 is 1.67 bits per heavy atom. The number of hydrogen-bond acceptors (Lipinski definition) is 8. The molecule has 0 aliphatic rings. The molecule has 0 radical (unpaired) electrons. The zero-order valence-corrected chi connectivity index (χ0v) is 9.62. The first-order valence-corrected chi connectivity index (χ1v) is 5.47. The Balaban J connectivity index is 2.11. The molecule has 0 spiro atoms. The van der Waals surface area contributed by atoms with Gasteiger partial charge in [0.15, 0.2) is 5.01 Å². The Labute approximate surface area is 104 Å². The molecular weight excluding hydrogens is 262 g/mol. The van der Waals surface area contributed by atoms with Gasteiger partial charge < -0.3 is 10.1 Å². The van der Waals surface area contributed by atoms with E-state index in [0.29, 0.717) is 5.69 Å². The van der Waals surface area contributed by atoms with Crippen LogP contribution in [0.3, 0.4) is 0 Å². The lowest BCUT2D eigenvalue weighted by atomic mass is 10.5. The second-order valence-corrected chi connectivity index (χ2v) is 3.97. The molecule has 0 fully saturated rings. The van der Waals surface area contributed by atoms with Crippen molar-refractivity contribution in [2.75, 3.05) is 0 Å². The van der Waals surface area contributed by atoms with Crippen LogP contribution in [0.25, 0.3) is 0 Å². The van der Waals surface area contributed by atoms with Crippen molar-refractivity contribution in [3.05, 3.63) is 32.5 Å². The van der Waals surface area contributed by atoms with Crippen LogP contribution in [0.2, 0.25) is 0 Å². The number of nitrogens with one attached hydrogen (secondary N) is 1. The van der Waals surface area contributed by atoms with E-state index in [2.05, 4.69) is 15.1 Å². The maximum Gasteiger partial charge on any atom is 0.490 e. The Morgan fingerprint density at radius 2 is 2.44 bits per heavy atom. The number of carbonyl (C=O) groups excluding carboxylic acids is 1. The van der Waals surface area contributed by atoms with Crippen LogP contribution in [0.5, 0.6) is 0 Å². The molecule has 0 aliphatic heterocycles. The van der Waals surface area contributed by atoms with Gasteiger partial charge in [0.25, 0.3) is 5.91 Å². The number of hydrazine groups is 1. The van der Waals surface area contributed by atoms with Crippen LogP contribution < -0.4 is 11.3 Å². The normalized spacial score (nSPS) is 10.3. The largest absolute Gasteiger partial charge is 0.490 e. The van der Waals surface area contributed by atoms with E-state index in [0.717, 1.165) is 11.3 Å². The van der Waals surface area contributed by atoms with Gasteiger partial charge >= 0.3 is 5.95 Å². The van der Waals surface area contributed by atoms with Crippen LogP contribution in [-0.2, 0) is 6.54 Å². The molecule has 94 valence electrons. The highest BCUT2D eigenvalue weighted by Gasteiger charge is 2.15. The molecule has 0 atom stereocenters. The Morgan fingerprint density at radius 3 is 3.06 bits per heavy atom. The summed E-state index contributed by atoms with van der Waals surface area (Å²) >= 11 is 1.12. The molecule has 18 heavy (non-hydrogen) atoms. The van der Waals surface area contributed by atoms with Crippen molar-refractivity contribution in [2.24, 2.45) is 5.84 Å². The summed E-state index contributed by atoms with van der Waals surface area (Å²) < 4.78 is 1.26. The van der Waals surface area contributed by atoms with Gasteiger partial charge in [-0.3, -0.25) is 10.2 Å². The average Bonchev–Trinajstić information content (AvgIpc) is 2.98. The molecule has 2 aromatic rings. The van der Waals surface area contributed by atoms with Crippen molar-refractivity contribution in [3.8, 4) is 0 Å². The minimum absolute atomic E-state index is 0.190.